The van der Waals surface area contributed by atoms with Crippen molar-refractivity contribution >= 4 is 5.69 Å². The predicted molar refractivity (Wildman–Crippen MR) is 93.4 cm³/mol. The Bertz CT molecular complexity index is 569. The molecular weight excluding hydrogens is 290 g/mol. The van der Waals surface area contributed by atoms with Crippen LogP contribution in [0.4, 0.5) is 5.69 Å². The number of ether oxygens (including phenoxy) is 3. The van der Waals surface area contributed by atoms with Crippen molar-refractivity contribution in [3.8, 4) is 11.5 Å². The molecule has 0 saturated heterocycles. The quantitative estimate of drug-likeness (QED) is 0.670. The molecule has 0 aromatic heterocycles. The van der Waals surface area contributed by atoms with Crippen LogP contribution in [-0.4, -0.2) is 26.4 Å². The second-order valence-corrected chi connectivity index (χ2v) is 4.96. The third kappa shape index (κ3) is 5.83. The minimum atomic E-state index is 0.572. The number of para-hydroxylation sites is 1. The number of hydrogen-bond donors (Lipinski definition) is 1. The fourth-order valence-corrected chi connectivity index (χ4v) is 2.18. The van der Waals surface area contributed by atoms with E-state index in [2.05, 4.69) is 11.4 Å². The van der Waals surface area contributed by atoms with Crippen LogP contribution in [0.1, 0.15) is 19.4 Å². The summed E-state index contributed by atoms with van der Waals surface area (Å²) in [6.45, 7) is 7.27. The van der Waals surface area contributed by atoms with Crippen molar-refractivity contribution in [2.24, 2.45) is 0 Å². The topological polar surface area (TPSA) is 39.7 Å². The van der Waals surface area contributed by atoms with Crippen molar-refractivity contribution in [1.82, 2.24) is 0 Å². The first-order valence-corrected chi connectivity index (χ1v) is 8.08. The van der Waals surface area contributed by atoms with Crippen LogP contribution in [0.25, 0.3) is 0 Å². The van der Waals surface area contributed by atoms with Gasteiger partial charge in [-0.1, -0.05) is 18.2 Å². The largest absolute Gasteiger partial charge is 0.494 e. The van der Waals surface area contributed by atoms with Gasteiger partial charge in [-0.25, -0.2) is 0 Å². The minimum Gasteiger partial charge on any atom is -0.494 e. The SMILES string of the molecule is CCOCCOc1ccc(NCc2ccccc2OCC)cc1. The van der Waals surface area contributed by atoms with Crippen molar-refractivity contribution in [2.45, 2.75) is 20.4 Å². The van der Waals surface area contributed by atoms with Crippen LogP contribution >= 0.6 is 0 Å². The van der Waals surface area contributed by atoms with Crippen LogP contribution in [0.3, 0.4) is 0 Å². The van der Waals surface area contributed by atoms with E-state index in [1.54, 1.807) is 0 Å². The van der Waals surface area contributed by atoms with Crippen LogP contribution in [-0.2, 0) is 11.3 Å². The van der Waals surface area contributed by atoms with Gasteiger partial charge in [0, 0.05) is 24.4 Å². The second kappa shape index (κ2) is 9.74. The summed E-state index contributed by atoms with van der Waals surface area (Å²) in [5, 5.41) is 3.40. The van der Waals surface area contributed by atoms with E-state index in [1.165, 1.54) is 0 Å². The first-order chi connectivity index (χ1) is 11.3. The van der Waals surface area contributed by atoms with Gasteiger partial charge in [0.25, 0.3) is 0 Å². The molecule has 2 rings (SSSR count). The van der Waals surface area contributed by atoms with Gasteiger partial charge in [0.2, 0.25) is 0 Å². The molecule has 23 heavy (non-hydrogen) atoms. The zero-order valence-electron chi connectivity index (χ0n) is 13.9. The lowest BCUT2D eigenvalue weighted by Crippen LogP contribution is -2.06. The molecule has 2 aromatic carbocycles. The van der Waals surface area contributed by atoms with Gasteiger partial charge in [-0.15, -0.1) is 0 Å². The Morgan fingerprint density at radius 3 is 2.35 bits per heavy atom. The summed E-state index contributed by atoms with van der Waals surface area (Å²) in [6, 6.07) is 16.0. The summed E-state index contributed by atoms with van der Waals surface area (Å²) < 4.78 is 16.5. The third-order valence-electron chi connectivity index (χ3n) is 3.31. The van der Waals surface area contributed by atoms with E-state index in [0.29, 0.717) is 19.8 Å². The highest BCUT2D eigenvalue weighted by atomic mass is 16.5. The lowest BCUT2D eigenvalue weighted by Gasteiger charge is -2.12. The molecule has 0 bridgehead atoms. The fourth-order valence-electron chi connectivity index (χ4n) is 2.18. The van der Waals surface area contributed by atoms with Crippen molar-refractivity contribution in [1.29, 1.82) is 0 Å². The van der Waals surface area contributed by atoms with Crippen LogP contribution in [0, 0.1) is 0 Å². The molecule has 4 nitrogen and oxygen atoms in total. The van der Waals surface area contributed by atoms with Crippen molar-refractivity contribution in [3.63, 3.8) is 0 Å². The lowest BCUT2D eigenvalue weighted by atomic mass is 10.2. The van der Waals surface area contributed by atoms with Crippen LogP contribution < -0.4 is 14.8 Å². The number of benzene rings is 2. The molecule has 0 saturated carbocycles. The second-order valence-electron chi connectivity index (χ2n) is 4.96. The molecule has 0 aliphatic heterocycles. The number of anilines is 1. The summed E-state index contributed by atoms with van der Waals surface area (Å²) in [4.78, 5) is 0. The molecule has 0 aliphatic carbocycles. The third-order valence-corrected chi connectivity index (χ3v) is 3.31. The molecule has 0 atom stereocenters. The molecule has 2 aromatic rings. The van der Waals surface area contributed by atoms with E-state index in [9.17, 15) is 0 Å². The summed E-state index contributed by atoms with van der Waals surface area (Å²) in [5.41, 5.74) is 2.19. The Morgan fingerprint density at radius 2 is 1.61 bits per heavy atom. The number of rotatable bonds is 10. The molecule has 0 amide bonds. The zero-order valence-corrected chi connectivity index (χ0v) is 13.9. The molecule has 0 radical (unpaired) electrons. The van der Waals surface area contributed by atoms with Crippen molar-refractivity contribution in [3.05, 3.63) is 54.1 Å². The van der Waals surface area contributed by atoms with Gasteiger partial charge in [-0.3, -0.25) is 0 Å². The van der Waals surface area contributed by atoms with Crippen LogP contribution in [0.15, 0.2) is 48.5 Å². The van der Waals surface area contributed by atoms with E-state index in [0.717, 1.165) is 35.9 Å². The summed E-state index contributed by atoms with van der Waals surface area (Å²) in [6.07, 6.45) is 0. The Morgan fingerprint density at radius 1 is 0.826 bits per heavy atom. The average molecular weight is 315 g/mol. The van der Waals surface area contributed by atoms with Gasteiger partial charge in [0.05, 0.1) is 13.2 Å². The van der Waals surface area contributed by atoms with E-state index in [4.69, 9.17) is 14.2 Å². The molecule has 0 fully saturated rings. The van der Waals surface area contributed by atoms with Gasteiger partial charge in [0.1, 0.15) is 18.1 Å². The normalized spacial score (nSPS) is 10.3. The smallest absolute Gasteiger partial charge is 0.124 e. The van der Waals surface area contributed by atoms with Crippen LogP contribution in [0.2, 0.25) is 0 Å². The highest BCUT2D eigenvalue weighted by Gasteiger charge is 2.02. The van der Waals surface area contributed by atoms with Crippen molar-refractivity contribution in [2.75, 3.05) is 31.7 Å². The van der Waals surface area contributed by atoms with Crippen molar-refractivity contribution < 1.29 is 14.2 Å². The lowest BCUT2D eigenvalue weighted by molar-refractivity contribution is 0.110. The van der Waals surface area contributed by atoms with Gasteiger partial charge in [0.15, 0.2) is 0 Å². The molecular formula is C19H25NO3. The Kier molecular flexibility index (Phi) is 7.27. The highest BCUT2D eigenvalue weighted by molar-refractivity contribution is 5.47. The molecule has 0 spiro atoms. The van der Waals surface area contributed by atoms with Gasteiger partial charge >= 0.3 is 0 Å². The number of nitrogens with one attached hydrogen (secondary N) is 1. The average Bonchev–Trinajstić information content (AvgIpc) is 2.59. The highest BCUT2D eigenvalue weighted by Crippen LogP contribution is 2.21. The minimum absolute atomic E-state index is 0.572. The Hall–Kier alpha value is -2.20. The Labute approximate surface area is 138 Å². The molecule has 4 heteroatoms. The Balaban J connectivity index is 1.84. The predicted octanol–water partition coefficient (Wildman–Crippen LogP) is 4.11. The van der Waals surface area contributed by atoms with Gasteiger partial charge in [-0.2, -0.15) is 0 Å². The first-order valence-electron chi connectivity index (χ1n) is 8.08. The van der Waals surface area contributed by atoms with E-state index in [-0.39, 0.29) is 0 Å². The fraction of sp³-hybridized carbons (Fsp3) is 0.368. The molecule has 0 aliphatic rings. The number of hydrogen-bond acceptors (Lipinski definition) is 4. The molecule has 124 valence electrons. The first kappa shape index (κ1) is 17.2. The van der Waals surface area contributed by atoms with Gasteiger partial charge < -0.3 is 19.5 Å². The molecule has 0 heterocycles. The monoisotopic (exact) mass is 315 g/mol. The van der Waals surface area contributed by atoms with E-state index >= 15 is 0 Å². The van der Waals surface area contributed by atoms with Crippen LogP contribution in [0.5, 0.6) is 11.5 Å². The summed E-state index contributed by atoms with van der Waals surface area (Å²) >= 11 is 0. The standard InChI is InChI=1S/C19H25NO3/c1-3-21-13-14-23-18-11-9-17(10-12-18)20-15-16-7-5-6-8-19(16)22-4-2/h5-12,20H,3-4,13-15H2,1-2H3. The van der Waals surface area contributed by atoms with E-state index < -0.39 is 0 Å². The molecule has 0 unspecified atom stereocenters. The molecule has 1 N–H and O–H groups in total. The maximum Gasteiger partial charge on any atom is 0.124 e. The van der Waals surface area contributed by atoms with Gasteiger partial charge in [-0.05, 0) is 44.2 Å². The maximum atomic E-state index is 5.64. The maximum absolute atomic E-state index is 5.64. The van der Waals surface area contributed by atoms with E-state index in [1.807, 2.05) is 56.3 Å². The summed E-state index contributed by atoms with van der Waals surface area (Å²) in [7, 11) is 0. The summed E-state index contributed by atoms with van der Waals surface area (Å²) in [5.74, 6) is 1.78. The zero-order chi connectivity index (χ0) is 16.3.